The first-order valence-corrected chi connectivity index (χ1v) is 30.9. The molecule has 0 spiro atoms. The van der Waals surface area contributed by atoms with Gasteiger partial charge in [0.2, 0.25) is 0 Å². The summed E-state index contributed by atoms with van der Waals surface area (Å²) in [4.78, 5) is 33.8. The molecule has 7 aliphatic heterocycles. The molecule has 10 N–H and O–H groups in total. The van der Waals surface area contributed by atoms with Crippen LogP contribution in [0.25, 0.3) is 0 Å². The molecule has 0 aromatic heterocycles. The molecule has 7 aliphatic rings. The summed E-state index contributed by atoms with van der Waals surface area (Å²) in [6.45, 7) is 22.9. The van der Waals surface area contributed by atoms with E-state index in [1.54, 1.807) is 26.4 Å². The van der Waals surface area contributed by atoms with Crippen LogP contribution in [0.2, 0.25) is 0 Å². The monoisotopic (exact) mass is 982 g/mol. The van der Waals surface area contributed by atoms with Gasteiger partial charge in [-0.05, 0) is 84.7 Å². The minimum absolute atomic E-state index is 0.303. The molecule has 2 bridgehead atoms. The number of methoxy groups -OCH3 is 1. The van der Waals surface area contributed by atoms with Crippen LogP contribution in [0.3, 0.4) is 0 Å². The molecule has 4 saturated heterocycles. The van der Waals surface area contributed by atoms with E-state index in [0.29, 0.717) is 46.8 Å². The van der Waals surface area contributed by atoms with Crippen molar-refractivity contribution in [2.45, 2.75) is 98.4 Å². The number of urea groups is 3. The van der Waals surface area contributed by atoms with Gasteiger partial charge in [-0.15, -0.1) is 39.6 Å². The van der Waals surface area contributed by atoms with Crippen molar-refractivity contribution in [1.82, 2.24) is 31.9 Å². The van der Waals surface area contributed by atoms with E-state index < -0.39 is 86.8 Å². The van der Waals surface area contributed by atoms with Gasteiger partial charge >= 0.3 is 18.1 Å². The van der Waals surface area contributed by atoms with Crippen molar-refractivity contribution in [1.29, 1.82) is 0 Å². The third-order valence-corrected chi connectivity index (χ3v) is 16.8. The smallest absolute Gasteiger partial charge is 0.323 e. The molecular weight excluding hydrogens is 909 g/mol. The molecule has 21 heteroatoms. The Hall–Kier alpha value is -3.21. The number of nitrogens with one attached hydrogen (secondary N) is 6. The number of aliphatic hydroxyl groups is 4. The third kappa shape index (κ3) is 12.9. The molecule has 66 heavy (non-hydrogen) atoms. The van der Waals surface area contributed by atoms with Gasteiger partial charge in [-0.1, -0.05) is 19.7 Å². The molecule has 12 atom stereocenters. The quantitative estimate of drug-likeness (QED) is 0.120. The standard InChI is InChI=1S/C15H23N2O4P.2C15H25N2O4P/c1-9-10(7-16-14(19)17-9)11-12-13(18)15(21-11,8-20-12)5-6-22(2,3)4;1-9-10(8-16-14(20)17-9)12-11(18)13(19)15(2,21-12)6-7-22(3,4)5;1-9-10(8-16-15(19)17-9)13-14(20-2)12(18)11(21-13)6-7-22(3,4)5/h7,11-13,18H,1-2,5-6,8H2,3-4H3,(H2,16,17,19);8,11-13,18-19H,1,3,6-7H2,2,4-5H3,(H2,16,17,20);8,11-14,18H,1,3,6-7H2,2,4-5H3,(H2,16,17,19)/t11-,12-,13-,15-;11-,12-,13-,15+;11-,12-,13+,14-/m001/s1. The van der Waals surface area contributed by atoms with Crippen molar-refractivity contribution in [3.05, 3.63) is 72.1 Å². The molecule has 0 saturated carbocycles. The normalized spacial score (nSPS) is 35.4. The largest absolute Gasteiger partial charge is 0.388 e. The Kier molecular flexibility index (Phi) is 16.9. The Balaban J connectivity index is 0.000000186. The van der Waals surface area contributed by atoms with Gasteiger partial charge in [0, 0.05) is 59.5 Å². The van der Waals surface area contributed by atoms with Gasteiger partial charge in [0.05, 0.1) is 18.3 Å². The van der Waals surface area contributed by atoms with Gasteiger partial charge in [0.25, 0.3) is 0 Å². The predicted octanol–water partition coefficient (Wildman–Crippen LogP) is 2.31. The lowest BCUT2D eigenvalue weighted by atomic mass is 9.92. The molecule has 370 valence electrons. The van der Waals surface area contributed by atoms with Gasteiger partial charge in [-0.2, -0.15) is 0 Å². The summed E-state index contributed by atoms with van der Waals surface area (Å²) in [6.07, 6.45) is 15.7. The summed E-state index contributed by atoms with van der Waals surface area (Å²) in [7, 11) is 1.54. The summed E-state index contributed by atoms with van der Waals surface area (Å²) in [5.74, 6) is 0. The highest BCUT2D eigenvalue weighted by atomic mass is 31.2. The van der Waals surface area contributed by atoms with E-state index in [2.05, 4.69) is 111 Å². The van der Waals surface area contributed by atoms with E-state index in [9.17, 15) is 34.8 Å². The molecule has 7 heterocycles. The summed E-state index contributed by atoms with van der Waals surface area (Å²) >= 11 is 0. The lowest BCUT2D eigenvalue weighted by Crippen LogP contribution is -2.44. The van der Waals surface area contributed by atoms with Gasteiger partial charge in [0.1, 0.15) is 60.5 Å². The topological polar surface area (TPSA) is 250 Å². The molecular formula is C45H73N6O12P3. The second kappa shape index (κ2) is 20.8. The van der Waals surface area contributed by atoms with E-state index in [0.717, 1.165) is 31.3 Å². The lowest BCUT2D eigenvalue weighted by molar-refractivity contribution is -0.132. The van der Waals surface area contributed by atoms with Crippen molar-refractivity contribution < 1.29 is 58.5 Å². The molecule has 18 nitrogen and oxygen atoms in total. The number of amides is 6. The molecule has 0 aliphatic carbocycles. The van der Waals surface area contributed by atoms with Gasteiger partial charge in [-0.3, -0.25) is 0 Å². The Morgan fingerprint density at radius 1 is 0.667 bits per heavy atom. The Morgan fingerprint density at radius 2 is 1.12 bits per heavy atom. The van der Waals surface area contributed by atoms with Crippen molar-refractivity contribution >= 4 is 57.6 Å². The predicted molar refractivity (Wildman–Crippen MR) is 267 cm³/mol. The number of carbonyl (C=O) groups excluding carboxylic acids is 3. The average molecular weight is 983 g/mol. The molecule has 0 aromatic rings. The van der Waals surface area contributed by atoms with E-state index in [1.807, 2.05) is 0 Å². The van der Waals surface area contributed by atoms with Crippen LogP contribution >= 0.6 is 20.7 Å². The van der Waals surface area contributed by atoms with Crippen LogP contribution in [-0.4, -0.2) is 202 Å². The first-order chi connectivity index (χ1) is 30.5. The first kappa shape index (κ1) is 53.7. The number of hydrogen-bond acceptors (Lipinski definition) is 12. The highest BCUT2D eigenvalue weighted by Crippen LogP contribution is 2.49. The zero-order valence-electron chi connectivity index (χ0n) is 39.6. The van der Waals surface area contributed by atoms with E-state index >= 15 is 0 Å². The van der Waals surface area contributed by atoms with Crippen LogP contribution in [0.5, 0.6) is 0 Å². The highest BCUT2D eigenvalue weighted by Gasteiger charge is 2.62. The van der Waals surface area contributed by atoms with E-state index in [1.165, 1.54) is 6.20 Å². The maximum atomic E-state index is 11.3. The van der Waals surface area contributed by atoms with Crippen LogP contribution < -0.4 is 31.9 Å². The molecule has 0 aromatic carbocycles. The zero-order chi connectivity index (χ0) is 49.3. The maximum absolute atomic E-state index is 11.3. The number of carbonyl (C=O) groups is 3. The Labute approximate surface area is 389 Å². The number of fused-ring (bicyclic) bond motifs is 2. The highest BCUT2D eigenvalue weighted by molar-refractivity contribution is 7.72. The fourth-order valence-electron chi connectivity index (χ4n) is 8.49. The number of hydrogen-bond donors (Lipinski definition) is 10. The fraction of sp³-hybridized carbons (Fsp3) is 0.600. The number of rotatable bonds is 13. The molecule has 0 radical (unpaired) electrons. The van der Waals surface area contributed by atoms with E-state index in [4.69, 9.17) is 23.7 Å². The van der Waals surface area contributed by atoms with Crippen LogP contribution in [0.15, 0.2) is 72.1 Å². The van der Waals surface area contributed by atoms with Gasteiger partial charge in [0.15, 0.2) is 0 Å². The molecule has 6 amide bonds. The van der Waals surface area contributed by atoms with Crippen LogP contribution in [0.4, 0.5) is 14.4 Å². The third-order valence-electron chi connectivity index (χ3n) is 12.5. The van der Waals surface area contributed by atoms with E-state index in [-0.39, 0.29) is 24.2 Å². The molecule has 4 fully saturated rings. The fourth-order valence-corrected chi connectivity index (χ4v) is 11.5. The Morgan fingerprint density at radius 3 is 1.58 bits per heavy atom. The maximum Gasteiger partial charge on any atom is 0.323 e. The first-order valence-electron chi connectivity index (χ1n) is 21.8. The van der Waals surface area contributed by atoms with Crippen LogP contribution in [0.1, 0.15) is 26.2 Å². The van der Waals surface area contributed by atoms with Gasteiger partial charge < -0.3 is 76.0 Å². The zero-order valence-corrected chi connectivity index (χ0v) is 42.3. The minimum atomic E-state index is -1.25. The van der Waals surface area contributed by atoms with Crippen molar-refractivity contribution in [2.24, 2.45) is 0 Å². The van der Waals surface area contributed by atoms with Crippen molar-refractivity contribution in [2.75, 3.05) is 72.2 Å². The summed E-state index contributed by atoms with van der Waals surface area (Å²) < 4.78 is 29.4. The molecule has 0 unspecified atom stereocenters. The lowest BCUT2D eigenvalue weighted by Gasteiger charge is -2.34. The average Bonchev–Trinajstić information content (AvgIpc) is 3.87. The summed E-state index contributed by atoms with van der Waals surface area (Å²) in [5, 5.41) is 57.2. The van der Waals surface area contributed by atoms with Crippen molar-refractivity contribution in [3.8, 4) is 0 Å². The van der Waals surface area contributed by atoms with Crippen LogP contribution in [-0.2, 0) is 23.7 Å². The number of aliphatic hydroxyl groups excluding tert-OH is 4. The Bertz CT molecular complexity index is 2070. The second-order valence-corrected chi connectivity index (χ2v) is 33.1. The summed E-state index contributed by atoms with van der Waals surface area (Å²) in [5.41, 5.74) is 1.75. The SMILES string of the molecule is C=C1NC(=O)NC=C1[C@@H]1O[C@@]2(CCP(=C)(C)C)CO[C@@H]1[C@@H]2O.C=C1NC(=O)NC=C1[C@@H]1O[C@H](CCP(=C)(C)C)[C@@H](O)[C@H]1OC.C=C1NC(=O)NC=C1[C@@H]1O[C@](C)(CCP(=C)(C)C)[C@@H](O)[C@H]1O. The summed E-state index contributed by atoms with van der Waals surface area (Å²) in [6, 6.07) is -1.04. The number of ether oxygens (including phenoxy) is 5. The second-order valence-electron chi connectivity index (χ2n) is 20.2. The van der Waals surface area contributed by atoms with Crippen molar-refractivity contribution in [3.63, 3.8) is 0 Å². The van der Waals surface area contributed by atoms with Gasteiger partial charge in [-0.25, -0.2) is 14.4 Å². The molecule has 7 rings (SSSR count). The minimum Gasteiger partial charge on any atom is -0.388 e. The van der Waals surface area contributed by atoms with Crippen LogP contribution in [0, 0.1) is 0 Å².